The van der Waals surface area contributed by atoms with Gasteiger partial charge in [0.05, 0.1) is 12.5 Å². The molecule has 0 aliphatic heterocycles. The van der Waals surface area contributed by atoms with E-state index in [0.29, 0.717) is 17.1 Å². The smallest absolute Gasteiger partial charge is 0.157 e. The molecule has 0 fully saturated rings. The van der Waals surface area contributed by atoms with Gasteiger partial charge in [-0.1, -0.05) is 23.2 Å². The number of pyridine rings is 2. The monoisotopic (exact) mass is 237 g/mol. The van der Waals surface area contributed by atoms with Gasteiger partial charge in [-0.25, -0.2) is 4.98 Å². The molecule has 0 unspecified atom stereocenters. The van der Waals surface area contributed by atoms with Crippen LogP contribution in [0.25, 0.3) is 10.9 Å². The Morgan fingerprint density at radius 2 is 2.13 bits per heavy atom. The van der Waals surface area contributed by atoms with E-state index in [1.54, 1.807) is 12.3 Å². The van der Waals surface area contributed by atoms with Crippen molar-refractivity contribution in [1.29, 1.82) is 5.26 Å². The molecule has 74 valence electrons. The van der Waals surface area contributed by atoms with Crippen LogP contribution >= 0.6 is 23.2 Å². The number of hydrogen-bond acceptors (Lipinski definition) is 3. The fourth-order valence-corrected chi connectivity index (χ4v) is 1.80. The van der Waals surface area contributed by atoms with Gasteiger partial charge in [0.2, 0.25) is 0 Å². The lowest BCUT2D eigenvalue weighted by molar-refractivity contribution is 1.21. The maximum absolute atomic E-state index is 8.56. The van der Waals surface area contributed by atoms with Crippen molar-refractivity contribution in [2.45, 2.75) is 6.42 Å². The molecule has 3 nitrogen and oxygen atoms in total. The lowest BCUT2D eigenvalue weighted by Gasteiger charge is -2.01. The molecule has 2 heterocycles. The summed E-state index contributed by atoms with van der Waals surface area (Å²) in [6.45, 7) is 0. The summed E-state index contributed by atoms with van der Waals surface area (Å²) in [4.78, 5) is 8.02. The van der Waals surface area contributed by atoms with Crippen molar-refractivity contribution in [2.24, 2.45) is 0 Å². The molecule has 0 aromatic carbocycles. The van der Waals surface area contributed by atoms with Crippen LogP contribution in [0.3, 0.4) is 0 Å². The summed E-state index contributed by atoms with van der Waals surface area (Å²) in [5.74, 6) is 0. The van der Waals surface area contributed by atoms with E-state index in [-0.39, 0.29) is 5.15 Å². The molecule has 2 rings (SSSR count). The summed E-state index contributed by atoms with van der Waals surface area (Å²) in [7, 11) is 0. The van der Waals surface area contributed by atoms with Crippen LogP contribution in [0.15, 0.2) is 18.3 Å². The zero-order chi connectivity index (χ0) is 10.8. The highest BCUT2D eigenvalue weighted by Crippen LogP contribution is 2.23. The fraction of sp³-hybridized carbons (Fsp3) is 0.100. The van der Waals surface area contributed by atoms with Crippen molar-refractivity contribution < 1.29 is 0 Å². The van der Waals surface area contributed by atoms with Gasteiger partial charge in [0.1, 0.15) is 10.7 Å². The molecule has 0 amide bonds. The van der Waals surface area contributed by atoms with Gasteiger partial charge in [0, 0.05) is 11.6 Å². The lowest BCUT2D eigenvalue weighted by Crippen LogP contribution is -1.88. The van der Waals surface area contributed by atoms with Crippen LogP contribution in [0.4, 0.5) is 0 Å². The van der Waals surface area contributed by atoms with E-state index >= 15 is 0 Å². The molecular weight excluding hydrogens is 233 g/mol. The molecule has 0 saturated heterocycles. The predicted molar refractivity (Wildman–Crippen MR) is 58.9 cm³/mol. The summed E-state index contributed by atoms with van der Waals surface area (Å²) in [6, 6.07) is 5.57. The zero-order valence-electron chi connectivity index (χ0n) is 7.54. The molecule has 5 heteroatoms. The van der Waals surface area contributed by atoms with Gasteiger partial charge in [-0.2, -0.15) is 5.26 Å². The number of hydrogen-bond donors (Lipinski definition) is 0. The van der Waals surface area contributed by atoms with Crippen molar-refractivity contribution in [1.82, 2.24) is 9.97 Å². The van der Waals surface area contributed by atoms with Gasteiger partial charge < -0.3 is 0 Å². The van der Waals surface area contributed by atoms with Crippen LogP contribution in [0, 0.1) is 11.3 Å². The van der Waals surface area contributed by atoms with E-state index in [9.17, 15) is 0 Å². The van der Waals surface area contributed by atoms with Crippen LogP contribution < -0.4 is 0 Å². The second-order valence-electron chi connectivity index (χ2n) is 2.99. The van der Waals surface area contributed by atoms with E-state index in [1.165, 1.54) is 0 Å². The minimum absolute atomic E-state index is 0.279. The second kappa shape index (κ2) is 4.01. The first-order chi connectivity index (χ1) is 7.20. The van der Waals surface area contributed by atoms with Gasteiger partial charge in [-0.3, -0.25) is 4.98 Å². The Kier molecular flexibility index (Phi) is 2.72. The van der Waals surface area contributed by atoms with Crippen LogP contribution in [0.1, 0.15) is 5.56 Å². The molecule has 2 aromatic heterocycles. The van der Waals surface area contributed by atoms with Crippen LogP contribution in [0.2, 0.25) is 10.3 Å². The lowest BCUT2D eigenvalue weighted by atomic mass is 10.1. The molecule has 15 heavy (non-hydrogen) atoms. The molecular formula is C10H5Cl2N3. The minimum Gasteiger partial charge on any atom is -0.253 e. The quantitative estimate of drug-likeness (QED) is 0.717. The molecule has 0 N–H and O–H groups in total. The van der Waals surface area contributed by atoms with Crippen molar-refractivity contribution in [2.75, 3.05) is 0 Å². The number of halogens is 2. The second-order valence-corrected chi connectivity index (χ2v) is 3.73. The Morgan fingerprint density at radius 1 is 1.33 bits per heavy atom. The Bertz CT molecular complexity index is 560. The molecule has 0 spiro atoms. The fourth-order valence-electron chi connectivity index (χ4n) is 1.31. The van der Waals surface area contributed by atoms with Gasteiger partial charge in [0.25, 0.3) is 0 Å². The summed E-state index contributed by atoms with van der Waals surface area (Å²) in [5, 5.41) is 9.96. The van der Waals surface area contributed by atoms with Crippen LogP contribution in [-0.4, -0.2) is 9.97 Å². The highest BCUT2D eigenvalue weighted by molar-refractivity contribution is 6.36. The van der Waals surface area contributed by atoms with E-state index in [0.717, 1.165) is 10.9 Å². The average Bonchev–Trinajstić information content (AvgIpc) is 2.17. The number of rotatable bonds is 1. The summed E-state index contributed by atoms with van der Waals surface area (Å²) < 4.78 is 0. The maximum Gasteiger partial charge on any atom is 0.157 e. The number of fused-ring (bicyclic) bond motifs is 1. The molecule has 0 aliphatic rings. The van der Waals surface area contributed by atoms with Gasteiger partial charge in [-0.15, -0.1) is 0 Å². The summed E-state index contributed by atoms with van der Waals surface area (Å²) >= 11 is 11.6. The highest BCUT2D eigenvalue weighted by atomic mass is 35.5. The van der Waals surface area contributed by atoms with Crippen LogP contribution in [0.5, 0.6) is 0 Å². The number of aromatic nitrogens is 2. The average molecular weight is 238 g/mol. The molecule has 0 saturated carbocycles. The van der Waals surface area contributed by atoms with Gasteiger partial charge in [-0.05, 0) is 17.7 Å². The predicted octanol–water partition coefficient (Wildman–Crippen LogP) is 3.00. The van der Waals surface area contributed by atoms with E-state index in [4.69, 9.17) is 28.5 Å². The number of nitriles is 1. The Hall–Kier alpha value is -1.37. The third-order valence-electron chi connectivity index (χ3n) is 1.93. The van der Waals surface area contributed by atoms with E-state index in [2.05, 4.69) is 16.0 Å². The van der Waals surface area contributed by atoms with Crippen molar-refractivity contribution in [3.8, 4) is 6.07 Å². The van der Waals surface area contributed by atoms with Crippen LogP contribution in [-0.2, 0) is 6.42 Å². The molecule has 0 bridgehead atoms. The highest BCUT2D eigenvalue weighted by Gasteiger charge is 2.05. The SMILES string of the molecule is N#CCc1cnc2c(Cl)nc(Cl)cc2c1. The standard InChI is InChI=1S/C10H5Cl2N3/c11-8-4-7-3-6(1-2-13)5-14-9(7)10(12)15-8/h3-5H,1H2. The molecule has 2 aromatic rings. The Morgan fingerprint density at radius 3 is 2.87 bits per heavy atom. The topological polar surface area (TPSA) is 49.6 Å². The first-order valence-corrected chi connectivity index (χ1v) is 4.94. The third kappa shape index (κ3) is 2.01. The normalized spacial score (nSPS) is 10.2. The summed E-state index contributed by atoms with van der Waals surface area (Å²) in [6.07, 6.45) is 1.94. The minimum atomic E-state index is 0.279. The first-order valence-electron chi connectivity index (χ1n) is 4.18. The van der Waals surface area contributed by atoms with Gasteiger partial charge >= 0.3 is 0 Å². The maximum atomic E-state index is 8.56. The Labute approximate surface area is 96.3 Å². The summed E-state index contributed by atoms with van der Waals surface area (Å²) in [5.41, 5.74) is 1.44. The third-order valence-corrected chi connectivity index (χ3v) is 2.39. The largest absolute Gasteiger partial charge is 0.253 e. The molecule has 0 atom stereocenters. The molecule has 0 aliphatic carbocycles. The van der Waals surface area contributed by atoms with Crippen molar-refractivity contribution in [3.63, 3.8) is 0 Å². The van der Waals surface area contributed by atoms with Crippen molar-refractivity contribution in [3.05, 3.63) is 34.2 Å². The van der Waals surface area contributed by atoms with Crippen molar-refractivity contribution >= 4 is 34.1 Å². The molecule has 0 radical (unpaired) electrons. The van der Waals surface area contributed by atoms with E-state index < -0.39 is 0 Å². The zero-order valence-corrected chi connectivity index (χ0v) is 9.05. The van der Waals surface area contributed by atoms with E-state index in [1.807, 2.05) is 6.07 Å². The Balaban J connectivity index is 2.66. The van der Waals surface area contributed by atoms with Gasteiger partial charge in [0.15, 0.2) is 5.15 Å². The number of nitrogens with zero attached hydrogens (tertiary/aromatic N) is 3. The first kappa shape index (κ1) is 10.2.